The van der Waals surface area contributed by atoms with Crippen LogP contribution in [0.2, 0.25) is 0 Å². The fourth-order valence-electron chi connectivity index (χ4n) is 1.79. The first kappa shape index (κ1) is 11.4. The molecule has 0 aromatic carbocycles. The predicted octanol–water partition coefficient (Wildman–Crippen LogP) is 2.29. The van der Waals surface area contributed by atoms with E-state index in [0.29, 0.717) is 11.4 Å². The van der Waals surface area contributed by atoms with Gasteiger partial charge in [0.1, 0.15) is 5.82 Å². The largest absolute Gasteiger partial charge is 0.307 e. The van der Waals surface area contributed by atoms with Gasteiger partial charge in [-0.15, -0.1) is 0 Å². The number of aromatic nitrogens is 3. The van der Waals surface area contributed by atoms with Crippen molar-refractivity contribution >= 4 is 17.2 Å². The van der Waals surface area contributed by atoms with Crippen LogP contribution in [0.25, 0.3) is 5.52 Å². The first-order valence-electron chi connectivity index (χ1n) is 5.88. The minimum atomic E-state index is -0.181. The van der Waals surface area contributed by atoms with Gasteiger partial charge in [-0.05, 0) is 30.7 Å². The molecule has 3 heterocycles. The van der Waals surface area contributed by atoms with E-state index in [1.165, 1.54) is 0 Å². The lowest BCUT2D eigenvalue weighted by Crippen LogP contribution is -2.13. The summed E-state index contributed by atoms with van der Waals surface area (Å²) >= 11 is 0. The molecule has 1 amide bonds. The number of nitrogens with one attached hydrogen (secondary N) is 1. The summed E-state index contributed by atoms with van der Waals surface area (Å²) in [5.41, 5.74) is 2.51. The van der Waals surface area contributed by atoms with Crippen molar-refractivity contribution in [3.63, 3.8) is 0 Å². The summed E-state index contributed by atoms with van der Waals surface area (Å²) < 4.78 is 1.85. The van der Waals surface area contributed by atoms with Gasteiger partial charge in [0.15, 0.2) is 0 Å². The Hall–Kier alpha value is -2.69. The van der Waals surface area contributed by atoms with E-state index in [2.05, 4.69) is 15.3 Å². The van der Waals surface area contributed by atoms with Crippen LogP contribution in [-0.4, -0.2) is 20.3 Å². The molecule has 0 unspecified atom stereocenters. The molecule has 0 aliphatic rings. The summed E-state index contributed by atoms with van der Waals surface area (Å²) in [4.78, 5) is 20.2. The number of rotatable bonds is 2. The molecule has 0 spiro atoms. The van der Waals surface area contributed by atoms with Crippen LogP contribution >= 0.6 is 0 Å². The topological polar surface area (TPSA) is 59.3 Å². The summed E-state index contributed by atoms with van der Waals surface area (Å²) in [5, 5.41) is 2.76. The van der Waals surface area contributed by atoms with Gasteiger partial charge < -0.3 is 9.72 Å². The van der Waals surface area contributed by atoms with E-state index >= 15 is 0 Å². The van der Waals surface area contributed by atoms with Crippen LogP contribution in [0.4, 0.5) is 5.82 Å². The summed E-state index contributed by atoms with van der Waals surface area (Å²) in [6.45, 7) is 1.95. The number of pyridine rings is 2. The van der Waals surface area contributed by atoms with Gasteiger partial charge in [-0.3, -0.25) is 4.79 Å². The van der Waals surface area contributed by atoms with Crippen molar-refractivity contribution < 1.29 is 4.79 Å². The fraction of sp³-hybridized carbons (Fsp3) is 0.0714. The molecule has 3 rings (SSSR count). The predicted molar refractivity (Wildman–Crippen MR) is 72.1 cm³/mol. The van der Waals surface area contributed by atoms with Gasteiger partial charge in [0.2, 0.25) is 0 Å². The molecule has 0 bridgehead atoms. The molecule has 3 aromatic heterocycles. The SMILES string of the molecule is Cc1ccc(NC(=O)c2ccn3cncc3c2)nc1. The fourth-order valence-corrected chi connectivity index (χ4v) is 1.79. The molecule has 0 saturated heterocycles. The summed E-state index contributed by atoms with van der Waals surface area (Å²) in [5.74, 6) is 0.365. The average Bonchev–Trinajstić information content (AvgIpc) is 2.88. The van der Waals surface area contributed by atoms with Gasteiger partial charge in [0.05, 0.1) is 18.0 Å². The second kappa shape index (κ2) is 4.53. The number of aryl methyl sites for hydroxylation is 1. The maximum atomic E-state index is 12.1. The van der Waals surface area contributed by atoms with E-state index in [4.69, 9.17) is 0 Å². The first-order valence-corrected chi connectivity index (χ1v) is 5.88. The second-order valence-corrected chi connectivity index (χ2v) is 4.32. The van der Waals surface area contributed by atoms with E-state index in [0.717, 1.165) is 11.1 Å². The van der Waals surface area contributed by atoms with E-state index in [1.54, 1.807) is 43.1 Å². The highest BCUT2D eigenvalue weighted by molar-refractivity contribution is 6.04. The molecule has 0 fully saturated rings. The number of amides is 1. The molecule has 5 heteroatoms. The molecule has 0 radical (unpaired) electrons. The standard InChI is InChI=1S/C14H12N4O/c1-10-2-3-13(16-7-10)17-14(19)11-4-5-18-9-15-8-12(18)6-11/h2-9H,1H3,(H,16,17,19). The zero-order valence-electron chi connectivity index (χ0n) is 10.4. The molecule has 0 saturated carbocycles. The number of carbonyl (C=O) groups is 1. The highest BCUT2D eigenvalue weighted by Gasteiger charge is 2.07. The summed E-state index contributed by atoms with van der Waals surface area (Å²) in [7, 11) is 0. The molecule has 0 aliphatic carbocycles. The zero-order chi connectivity index (χ0) is 13.2. The van der Waals surface area contributed by atoms with Crippen LogP contribution in [0.3, 0.4) is 0 Å². The average molecular weight is 252 g/mol. The number of anilines is 1. The first-order chi connectivity index (χ1) is 9.22. The highest BCUT2D eigenvalue weighted by atomic mass is 16.1. The maximum absolute atomic E-state index is 12.1. The molecule has 94 valence electrons. The van der Waals surface area contributed by atoms with E-state index in [9.17, 15) is 4.79 Å². The Morgan fingerprint density at radius 3 is 2.95 bits per heavy atom. The normalized spacial score (nSPS) is 10.6. The lowest BCUT2D eigenvalue weighted by Gasteiger charge is -2.05. The number of nitrogens with zero attached hydrogens (tertiary/aromatic N) is 3. The third-order valence-electron chi connectivity index (χ3n) is 2.83. The van der Waals surface area contributed by atoms with Gasteiger partial charge in [-0.25, -0.2) is 9.97 Å². The van der Waals surface area contributed by atoms with Crippen LogP contribution in [0, 0.1) is 6.92 Å². The van der Waals surface area contributed by atoms with Crippen molar-refractivity contribution in [3.8, 4) is 0 Å². The monoisotopic (exact) mass is 252 g/mol. The quantitative estimate of drug-likeness (QED) is 0.761. The third-order valence-corrected chi connectivity index (χ3v) is 2.83. The van der Waals surface area contributed by atoms with Crippen LogP contribution in [0.1, 0.15) is 15.9 Å². The van der Waals surface area contributed by atoms with Gasteiger partial charge >= 0.3 is 0 Å². The van der Waals surface area contributed by atoms with Gasteiger partial charge in [-0.1, -0.05) is 6.07 Å². The van der Waals surface area contributed by atoms with Crippen LogP contribution in [-0.2, 0) is 0 Å². The minimum Gasteiger partial charge on any atom is -0.307 e. The molecular weight excluding hydrogens is 240 g/mol. The Balaban J connectivity index is 1.84. The zero-order valence-corrected chi connectivity index (χ0v) is 10.4. The number of carbonyl (C=O) groups excluding carboxylic acids is 1. The Kier molecular flexibility index (Phi) is 2.72. The molecule has 19 heavy (non-hydrogen) atoms. The Labute approximate surface area is 109 Å². The number of hydrogen-bond donors (Lipinski definition) is 1. The summed E-state index contributed by atoms with van der Waals surface area (Å²) in [6.07, 6.45) is 6.93. The highest BCUT2D eigenvalue weighted by Crippen LogP contribution is 2.10. The van der Waals surface area contributed by atoms with E-state index in [-0.39, 0.29) is 5.91 Å². The van der Waals surface area contributed by atoms with Crippen LogP contribution < -0.4 is 5.32 Å². The van der Waals surface area contributed by atoms with Crippen molar-refractivity contribution in [2.75, 3.05) is 5.32 Å². The smallest absolute Gasteiger partial charge is 0.256 e. The number of imidazole rings is 1. The molecule has 1 N–H and O–H groups in total. The van der Waals surface area contributed by atoms with Crippen molar-refractivity contribution in [2.45, 2.75) is 6.92 Å². The second-order valence-electron chi connectivity index (χ2n) is 4.32. The molecular formula is C14H12N4O. The van der Waals surface area contributed by atoms with Gasteiger partial charge in [-0.2, -0.15) is 0 Å². The number of hydrogen-bond acceptors (Lipinski definition) is 3. The van der Waals surface area contributed by atoms with Gasteiger partial charge in [0.25, 0.3) is 5.91 Å². The van der Waals surface area contributed by atoms with Crippen molar-refractivity contribution in [2.24, 2.45) is 0 Å². The lowest BCUT2D eigenvalue weighted by atomic mass is 10.2. The van der Waals surface area contributed by atoms with Crippen molar-refractivity contribution in [1.82, 2.24) is 14.4 Å². The van der Waals surface area contributed by atoms with Crippen molar-refractivity contribution in [3.05, 3.63) is 60.3 Å². The third kappa shape index (κ3) is 2.30. The Morgan fingerprint density at radius 1 is 1.26 bits per heavy atom. The maximum Gasteiger partial charge on any atom is 0.256 e. The van der Waals surface area contributed by atoms with Gasteiger partial charge in [0, 0.05) is 18.0 Å². The number of fused-ring (bicyclic) bond motifs is 1. The Bertz CT molecular complexity index is 731. The van der Waals surface area contributed by atoms with E-state index < -0.39 is 0 Å². The molecule has 0 atom stereocenters. The molecule has 0 aliphatic heterocycles. The van der Waals surface area contributed by atoms with Crippen LogP contribution in [0.15, 0.2) is 49.2 Å². The Morgan fingerprint density at radius 2 is 2.16 bits per heavy atom. The summed E-state index contributed by atoms with van der Waals surface area (Å²) in [6, 6.07) is 7.22. The molecule has 3 aromatic rings. The van der Waals surface area contributed by atoms with E-state index in [1.807, 2.05) is 17.4 Å². The van der Waals surface area contributed by atoms with Crippen LogP contribution in [0.5, 0.6) is 0 Å². The molecule has 5 nitrogen and oxygen atoms in total. The minimum absolute atomic E-state index is 0.181. The lowest BCUT2D eigenvalue weighted by molar-refractivity contribution is 0.102. The van der Waals surface area contributed by atoms with Crippen molar-refractivity contribution in [1.29, 1.82) is 0 Å².